The second kappa shape index (κ2) is 5.33. The van der Waals surface area contributed by atoms with E-state index in [1.165, 1.54) is 0 Å². The van der Waals surface area contributed by atoms with Gasteiger partial charge in [0.05, 0.1) is 6.61 Å². The maximum atomic E-state index is 5.66. The summed E-state index contributed by atoms with van der Waals surface area (Å²) in [5, 5.41) is 0. The van der Waals surface area contributed by atoms with Crippen molar-refractivity contribution in [2.24, 2.45) is 0 Å². The highest BCUT2D eigenvalue weighted by molar-refractivity contribution is 5.57. The number of hydrogen-bond donors (Lipinski definition) is 0. The Morgan fingerprint density at radius 2 is 1.94 bits per heavy atom. The van der Waals surface area contributed by atoms with Crippen LogP contribution in [-0.2, 0) is 11.3 Å². The first kappa shape index (κ1) is 10.7. The van der Waals surface area contributed by atoms with Crippen LogP contribution in [0.2, 0.25) is 0 Å². The monoisotopic (exact) mass is 214 g/mol. The lowest BCUT2D eigenvalue weighted by molar-refractivity contribution is 0.132. The van der Waals surface area contributed by atoms with Crippen LogP contribution in [0.1, 0.15) is 5.76 Å². The number of furan rings is 1. The Hall–Kier alpha value is -1.80. The molecular weight excluding hydrogens is 200 g/mol. The Balaban J connectivity index is 2.05. The van der Waals surface area contributed by atoms with Crippen molar-refractivity contribution in [2.45, 2.75) is 6.61 Å². The van der Waals surface area contributed by atoms with Gasteiger partial charge in [-0.15, -0.1) is 6.58 Å². The summed E-state index contributed by atoms with van der Waals surface area (Å²) in [5.74, 6) is 1.71. The molecule has 0 bridgehead atoms. The van der Waals surface area contributed by atoms with Gasteiger partial charge in [-0.2, -0.15) is 0 Å². The van der Waals surface area contributed by atoms with Crippen molar-refractivity contribution in [1.82, 2.24) is 0 Å². The summed E-state index contributed by atoms with van der Waals surface area (Å²) in [4.78, 5) is 0. The maximum absolute atomic E-state index is 5.66. The highest BCUT2D eigenvalue weighted by atomic mass is 16.5. The van der Waals surface area contributed by atoms with Crippen LogP contribution in [-0.4, -0.2) is 6.61 Å². The smallest absolute Gasteiger partial charge is 0.134 e. The zero-order chi connectivity index (χ0) is 11.2. The maximum Gasteiger partial charge on any atom is 0.134 e. The minimum absolute atomic E-state index is 0.485. The summed E-state index contributed by atoms with van der Waals surface area (Å²) in [5.41, 5.74) is 1.08. The van der Waals surface area contributed by atoms with E-state index in [4.69, 9.17) is 9.15 Å². The van der Waals surface area contributed by atoms with Crippen LogP contribution < -0.4 is 0 Å². The predicted molar refractivity (Wildman–Crippen MR) is 64.0 cm³/mol. The van der Waals surface area contributed by atoms with Gasteiger partial charge in [0.25, 0.3) is 0 Å². The van der Waals surface area contributed by atoms with Crippen molar-refractivity contribution in [3.8, 4) is 11.3 Å². The molecule has 0 atom stereocenters. The molecule has 1 heterocycles. The number of hydrogen-bond acceptors (Lipinski definition) is 2. The molecule has 0 radical (unpaired) electrons. The molecule has 0 aliphatic heterocycles. The van der Waals surface area contributed by atoms with Gasteiger partial charge in [0.1, 0.15) is 18.1 Å². The molecule has 0 fully saturated rings. The van der Waals surface area contributed by atoms with Gasteiger partial charge < -0.3 is 9.15 Å². The first-order chi connectivity index (χ1) is 7.90. The van der Waals surface area contributed by atoms with Gasteiger partial charge in [0, 0.05) is 5.56 Å². The standard InChI is InChI=1S/C14H14O2/c1-2-10-15-11-13-8-9-14(16-13)12-6-4-3-5-7-12/h2-9H,1,10-11H2. The van der Waals surface area contributed by atoms with Crippen LogP contribution in [0.5, 0.6) is 0 Å². The Bertz CT molecular complexity index is 443. The van der Waals surface area contributed by atoms with Gasteiger partial charge in [-0.25, -0.2) is 0 Å². The Morgan fingerprint density at radius 1 is 1.12 bits per heavy atom. The second-order valence-electron chi connectivity index (χ2n) is 3.44. The summed E-state index contributed by atoms with van der Waals surface area (Å²) in [6, 6.07) is 13.9. The van der Waals surface area contributed by atoms with Crippen LogP contribution in [0.4, 0.5) is 0 Å². The van der Waals surface area contributed by atoms with E-state index in [1.807, 2.05) is 42.5 Å². The van der Waals surface area contributed by atoms with Crippen LogP contribution >= 0.6 is 0 Å². The summed E-state index contributed by atoms with van der Waals surface area (Å²) >= 11 is 0. The van der Waals surface area contributed by atoms with Crippen molar-refractivity contribution < 1.29 is 9.15 Å². The first-order valence-electron chi connectivity index (χ1n) is 5.23. The fraction of sp³-hybridized carbons (Fsp3) is 0.143. The highest BCUT2D eigenvalue weighted by Gasteiger charge is 2.03. The molecule has 1 aromatic heterocycles. The molecule has 2 nitrogen and oxygen atoms in total. The van der Waals surface area contributed by atoms with Gasteiger partial charge in [-0.3, -0.25) is 0 Å². The molecule has 0 saturated carbocycles. The van der Waals surface area contributed by atoms with Crippen molar-refractivity contribution in [3.05, 3.63) is 60.9 Å². The van der Waals surface area contributed by atoms with Crippen LogP contribution in [0.25, 0.3) is 11.3 Å². The van der Waals surface area contributed by atoms with Crippen molar-refractivity contribution >= 4 is 0 Å². The van der Waals surface area contributed by atoms with E-state index in [1.54, 1.807) is 6.08 Å². The number of rotatable bonds is 5. The molecule has 2 aromatic rings. The molecule has 0 unspecified atom stereocenters. The fourth-order valence-electron chi connectivity index (χ4n) is 1.46. The average Bonchev–Trinajstić information content (AvgIpc) is 2.79. The summed E-state index contributed by atoms with van der Waals surface area (Å²) in [6.45, 7) is 4.62. The van der Waals surface area contributed by atoms with Gasteiger partial charge in [0.2, 0.25) is 0 Å². The number of ether oxygens (including phenoxy) is 1. The summed E-state index contributed by atoms with van der Waals surface area (Å²) in [7, 11) is 0. The summed E-state index contributed by atoms with van der Waals surface area (Å²) < 4.78 is 11.0. The molecule has 2 rings (SSSR count). The molecule has 0 saturated heterocycles. The molecule has 82 valence electrons. The van der Waals surface area contributed by atoms with Gasteiger partial charge in [-0.1, -0.05) is 36.4 Å². The van der Waals surface area contributed by atoms with Gasteiger partial charge >= 0.3 is 0 Å². The molecule has 0 spiro atoms. The van der Waals surface area contributed by atoms with Crippen molar-refractivity contribution in [3.63, 3.8) is 0 Å². The molecule has 0 amide bonds. The number of benzene rings is 1. The van der Waals surface area contributed by atoms with E-state index in [0.717, 1.165) is 17.1 Å². The second-order valence-corrected chi connectivity index (χ2v) is 3.44. The Morgan fingerprint density at radius 3 is 2.69 bits per heavy atom. The topological polar surface area (TPSA) is 22.4 Å². The zero-order valence-electron chi connectivity index (χ0n) is 9.06. The molecule has 0 aliphatic carbocycles. The molecular formula is C14H14O2. The van der Waals surface area contributed by atoms with E-state index >= 15 is 0 Å². The summed E-state index contributed by atoms with van der Waals surface area (Å²) in [6.07, 6.45) is 1.72. The van der Waals surface area contributed by atoms with Crippen molar-refractivity contribution in [1.29, 1.82) is 0 Å². The third kappa shape index (κ3) is 2.61. The van der Waals surface area contributed by atoms with E-state index < -0.39 is 0 Å². The molecule has 1 aromatic carbocycles. The van der Waals surface area contributed by atoms with E-state index in [9.17, 15) is 0 Å². The lowest BCUT2D eigenvalue weighted by atomic mass is 10.2. The highest BCUT2D eigenvalue weighted by Crippen LogP contribution is 2.21. The quantitative estimate of drug-likeness (QED) is 0.560. The van der Waals surface area contributed by atoms with Crippen LogP contribution in [0, 0.1) is 0 Å². The molecule has 0 N–H and O–H groups in total. The SMILES string of the molecule is C=CCOCc1ccc(-c2ccccc2)o1. The third-order valence-corrected chi connectivity index (χ3v) is 2.20. The minimum atomic E-state index is 0.485. The Kier molecular flexibility index (Phi) is 3.57. The normalized spacial score (nSPS) is 10.2. The van der Waals surface area contributed by atoms with Crippen LogP contribution in [0.15, 0.2) is 59.5 Å². The third-order valence-electron chi connectivity index (χ3n) is 2.20. The molecule has 2 heteroatoms. The van der Waals surface area contributed by atoms with Crippen LogP contribution in [0.3, 0.4) is 0 Å². The average molecular weight is 214 g/mol. The zero-order valence-corrected chi connectivity index (χ0v) is 9.06. The Labute approximate surface area is 95.2 Å². The minimum Gasteiger partial charge on any atom is -0.459 e. The van der Waals surface area contributed by atoms with E-state index in [-0.39, 0.29) is 0 Å². The lowest BCUT2D eigenvalue weighted by Crippen LogP contribution is -1.89. The van der Waals surface area contributed by atoms with Gasteiger partial charge in [0.15, 0.2) is 0 Å². The van der Waals surface area contributed by atoms with Gasteiger partial charge in [-0.05, 0) is 12.1 Å². The molecule has 16 heavy (non-hydrogen) atoms. The first-order valence-corrected chi connectivity index (χ1v) is 5.23. The fourth-order valence-corrected chi connectivity index (χ4v) is 1.46. The van der Waals surface area contributed by atoms with E-state index in [2.05, 4.69) is 6.58 Å². The molecule has 0 aliphatic rings. The lowest BCUT2D eigenvalue weighted by Gasteiger charge is -1.98. The predicted octanol–water partition coefficient (Wildman–Crippen LogP) is 3.65. The van der Waals surface area contributed by atoms with Crippen molar-refractivity contribution in [2.75, 3.05) is 6.61 Å². The largest absolute Gasteiger partial charge is 0.459 e. The van der Waals surface area contributed by atoms with E-state index in [0.29, 0.717) is 13.2 Å².